The van der Waals surface area contributed by atoms with Crippen molar-refractivity contribution < 1.29 is 14.3 Å². The second-order valence-corrected chi connectivity index (χ2v) is 11.8. The fourth-order valence-corrected chi connectivity index (χ4v) is 3.11. The van der Waals surface area contributed by atoms with Gasteiger partial charge in [-0.15, -0.1) is 0 Å². The summed E-state index contributed by atoms with van der Waals surface area (Å²) in [7, 11) is -1.74. The van der Waals surface area contributed by atoms with Gasteiger partial charge >= 0.3 is 0 Å². The number of fused-ring (bicyclic) bond motifs is 1. The third-order valence-corrected chi connectivity index (χ3v) is 9.03. The Morgan fingerprint density at radius 2 is 2.00 bits per heavy atom. The molecule has 0 unspecified atom stereocenters. The molecule has 0 bridgehead atoms. The van der Waals surface area contributed by atoms with Gasteiger partial charge in [-0.05, 0) is 35.3 Å². The fraction of sp³-hybridized carbons (Fsp3) is 0.625. The van der Waals surface area contributed by atoms with Crippen molar-refractivity contribution in [1.29, 1.82) is 0 Å². The Hall–Kier alpha value is -0.843. The van der Waals surface area contributed by atoms with E-state index in [2.05, 4.69) is 46.0 Å². The summed E-state index contributed by atoms with van der Waals surface area (Å²) in [5, 5.41) is 9.70. The van der Waals surface area contributed by atoms with E-state index in [1.807, 2.05) is 0 Å². The summed E-state index contributed by atoms with van der Waals surface area (Å²) in [6, 6.07) is 4.12. The van der Waals surface area contributed by atoms with Crippen LogP contribution >= 0.6 is 0 Å². The number of ether oxygens (including phenoxy) is 1. The molecular weight excluding hydrogens is 268 g/mol. The molecule has 0 aliphatic carbocycles. The highest BCUT2D eigenvalue weighted by Gasteiger charge is 2.37. The van der Waals surface area contributed by atoms with Gasteiger partial charge in [-0.1, -0.05) is 26.8 Å². The monoisotopic (exact) mass is 294 g/mol. The minimum absolute atomic E-state index is 0.0691. The van der Waals surface area contributed by atoms with Crippen molar-refractivity contribution >= 4 is 8.32 Å². The molecule has 4 heteroatoms. The van der Waals surface area contributed by atoms with Crippen molar-refractivity contribution in [2.45, 2.75) is 58.5 Å². The van der Waals surface area contributed by atoms with Crippen LogP contribution in [0.3, 0.4) is 0 Å². The maximum Gasteiger partial charge on any atom is 0.192 e. The van der Waals surface area contributed by atoms with E-state index in [0.717, 1.165) is 35.5 Å². The molecule has 0 spiro atoms. The second kappa shape index (κ2) is 5.51. The Morgan fingerprint density at radius 3 is 2.60 bits per heavy atom. The summed E-state index contributed by atoms with van der Waals surface area (Å²) in [5.74, 6) is 0.922. The topological polar surface area (TPSA) is 38.7 Å². The number of rotatable bonds is 4. The van der Waals surface area contributed by atoms with Gasteiger partial charge in [0, 0.05) is 12.0 Å². The first kappa shape index (κ1) is 15.5. The zero-order chi connectivity index (χ0) is 15.0. The molecule has 0 radical (unpaired) electrons. The molecule has 1 aromatic rings. The van der Waals surface area contributed by atoms with Gasteiger partial charge in [-0.25, -0.2) is 0 Å². The maximum absolute atomic E-state index is 9.50. The Balaban J connectivity index is 2.15. The SMILES string of the molecule is CC(C)(C)[Si](C)(C)OCc1cc(CO)c2c(c1)OCC2. The summed E-state index contributed by atoms with van der Waals surface area (Å²) >= 11 is 0. The summed E-state index contributed by atoms with van der Waals surface area (Å²) in [6.45, 7) is 12.6. The summed E-state index contributed by atoms with van der Waals surface area (Å²) in [4.78, 5) is 0. The molecule has 1 aliphatic heterocycles. The van der Waals surface area contributed by atoms with Crippen LogP contribution in [0, 0.1) is 0 Å². The third-order valence-electron chi connectivity index (χ3n) is 4.55. The average Bonchev–Trinajstić information content (AvgIpc) is 2.82. The van der Waals surface area contributed by atoms with Gasteiger partial charge < -0.3 is 14.3 Å². The quantitative estimate of drug-likeness (QED) is 0.862. The van der Waals surface area contributed by atoms with E-state index >= 15 is 0 Å². The smallest absolute Gasteiger partial charge is 0.192 e. The van der Waals surface area contributed by atoms with Crippen molar-refractivity contribution in [3.63, 3.8) is 0 Å². The van der Waals surface area contributed by atoms with E-state index in [1.165, 1.54) is 0 Å². The highest BCUT2D eigenvalue weighted by molar-refractivity contribution is 6.74. The van der Waals surface area contributed by atoms with Crippen molar-refractivity contribution in [3.05, 3.63) is 28.8 Å². The Kier molecular flexibility index (Phi) is 4.28. The van der Waals surface area contributed by atoms with E-state index in [4.69, 9.17) is 9.16 Å². The van der Waals surface area contributed by atoms with Crippen LogP contribution in [0.1, 0.15) is 37.5 Å². The third kappa shape index (κ3) is 3.08. The number of benzene rings is 1. The number of hydrogen-bond donors (Lipinski definition) is 1. The number of hydrogen-bond acceptors (Lipinski definition) is 3. The minimum atomic E-state index is -1.74. The molecule has 0 aromatic heterocycles. The van der Waals surface area contributed by atoms with Gasteiger partial charge in [0.05, 0.1) is 19.8 Å². The first-order valence-electron chi connectivity index (χ1n) is 7.27. The normalized spacial score (nSPS) is 15.1. The molecule has 1 heterocycles. The Bertz CT molecular complexity index is 489. The molecule has 1 N–H and O–H groups in total. The average molecular weight is 294 g/mol. The molecule has 20 heavy (non-hydrogen) atoms. The Morgan fingerprint density at radius 1 is 1.30 bits per heavy atom. The lowest BCUT2D eigenvalue weighted by molar-refractivity contribution is 0.271. The van der Waals surface area contributed by atoms with Gasteiger partial charge in [0.25, 0.3) is 0 Å². The molecule has 0 saturated heterocycles. The molecule has 1 aromatic carbocycles. The molecule has 0 amide bonds. The van der Waals surface area contributed by atoms with Crippen LogP contribution in [-0.4, -0.2) is 20.0 Å². The largest absolute Gasteiger partial charge is 0.493 e. The molecule has 2 rings (SSSR count). The first-order valence-corrected chi connectivity index (χ1v) is 10.2. The van der Waals surface area contributed by atoms with E-state index < -0.39 is 8.32 Å². The lowest BCUT2D eigenvalue weighted by Gasteiger charge is -2.36. The van der Waals surface area contributed by atoms with Crippen molar-refractivity contribution in [1.82, 2.24) is 0 Å². The maximum atomic E-state index is 9.50. The van der Waals surface area contributed by atoms with Gasteiger partial charge in [-0.2, -0.15) is 0 Å². The second-order valence-electron chi connectivity index (χ2n) is 7.04. The summed E-state index contributed by atoms with van der Waals surface area (Å²) < 4.78 is 11.9. The van der Waals surface area contributed by atoms with Crippen molar-refractivity contribution in [3.8, 4) is 5.75 Å². The number of aliphatic hydroxyl groups excluding tert-OH is 1. The lowest BCUT2D eigenvalue weighted by Crippen LogP contribution is -2.40. The van der Waals surface area contributed by atoms with E-state index in [0.29, 0.717) is 6.61 Å². The van der Waals surface area contributed by atoms with Crippen LogP contribution in [0.15, 0.2) is 12.1 Å². The van der Waals surface area contributed by atoms with E-state index in [9.17, 15) is 5.11 Å². The zero-order valence-corrected chi connectivity index (χ0v) is 14.2. The molecular formula is C16H26O3Si. The van der Waals surface area contributed by atoms with Gasteiger partial charge in [0.2, 0.25) is 0 Å². The minimum Gasteiger partial charge on any atom is -0.493 e. The van der Waals surface area contributed by atoms with Crippen LogP contribution in [0.2, 0.25) is 18.1 Å². The van der Waals surface area contributed by atoms with E-state index in [1.54, 1.807) is 0 Å². The van der Waals surface area contributed by atoms with Crippen molar-refractivity contribution in [2.24, 2.45) is 0 Å². The molecule has 3 nitrogen and oxygen atoms in total. The predicted octanol–water partition coefficient (Wildman–Crippen LogP) is 3.64. The van der Waals surface area contributed by atoms with Gasteiger partial charge in [-0.3, -0.25) is 0 Å². The zero-order valence-electron chi connectivity index (χ0n) is 13.2. The van der Waals surface area contributed by atoms with Crippen LogP contribution in [0.4, 0.5) is 0 Å². The first-order chi connectivity index (χ1) is 9.24. The predicted molar refractivity (Wildman–Crippen MR) is 83.5 cm³/mol. The van der Waals surface area contributed by atoms with Crippen LogP contribution in [0.25, 0.3) is 0 Å². The standard InChI is InChI=1S/C16H26O3Si/c1-16(2,3)20(4,5)19-11-12-8-13(10-17)14-6-7-18-15(14)9-12/h8-9,17H,6-7,10-11H2,1-5H3. The molecule has 0 atom stereocenters. The highest BCUT2D eigenvalue weighted by atomic mass is 28.4. The number of aliphatic hydroxyl groups is 1. The van der Waals surface area contributed by atoms with Crippen LogP contribution in [0.5, 0.6) is 5.75 Å². The summed E-state index contributed by atoms with van der Waals surface area (Å²) in [5.41, 5.74) is 3.23. The lowest BCUT2D eigenvalue weighted by atomic mass is 10.0. The Labute approximate surface area is 123 Å². The van der Waals surface area contributed by atoms with Crippen molar-refractivity contribution in [2.75, 3.05) is 6.61 Å². The summed E-state index contributed by atoms with van der Waals surface area (Å²) in [6.07, 6.45) is 0.897. The molecule has 0 fully saturated rings. The molecule has 112 valence electrons. The van der Waals surface area contributed by atoms with Gasteiger partial charge in [0.15, 0.2) is 8.32 Å². The van der Waals surface area contributed by atoms with E-state index in [-0.39, 0.29) is 11.6 Å². The van der Waals surface area contributed by atoms with Crippen LogP contribution in [-0.2, 0) is 24.1 Å². The van der Waals surface area contributed by atoms with Gasteiger partial charge in [0.1, 0.15) is 5.75 Å². The molecule has 1 aliphatic rings. The van der Waals surface area contributed by atoms with Crippen LogP contribution < -0.4 is 4.74 Å². The highest BCUT2D eigenvalue weighted by Crippen LogP contribution is 2.37. The fourth-order valence-electron chi connectivity index (χ4n) is 2.15. The molecule has 0 saturated carbocycles.